The normalized spacial score (nSPS) is 30.3. The van der Waals surface area contributed by atoms with Crippen LogP contribution in [-0.4, -0.2) is 6.04 Å². The number of allylic oxidation sites excluding steroid dienone is 4. The van der Waals surface area contributed by atoms with Crippen LogP contribution in [0.4, 0.5) is 0 Å². The molecule has 2 unspecified atom stereocenters. The van der Waals surface area contributed by atoms with Gasteiger partial charge >= 0.3 is 0 Å². The molecule has 0 saturated heterocycles. The van der Waals surface area contributed by atoms with E-state index < -0.39 is 0 Å². The Morgan fingerprint density at radius 1 is 1.42 bits per heavy atom. The number of rotatable bonds is 1. The zero-order valence-electron chi connectivity index (χ0n) is 8.04. The van der Waals surface area contributed by atoms with Crippen LogP contribution in [0.15, 0.2) is 35.5 Å². The van der Waals surface area contributed by atoms with Crippen molar-refractivity contribution in [2.75, 3.05) is 0 Å². The number of hydrogen-bond donors (Lipinski definition) is 1. The van der Waals surface area contributed by atoms with Gasteiger partial charge in [-0.2, -0.15) is 0 Å². The monoisotopic (exact) mass is 163 g/mol. The largest absolute Gasteiger partial charge is 0.324 e. The first kappa shape index (κ1) is 9.27. The Hall–Kier alpha value is -0.820. The van der Waals surface area contributed by atoms with Crippen LogP contribution in [0.25, 0.3) is 0 Å². The lowest BCUT2D eigenvalue weighted by atomic mass is 9.85. The van der Waals surface area contributed by atoms with Crippen molar-refractivity contribution in [1.82, 2.24) is 0 Å². The summed E-state index contributed by atoms with van der Waals surface area (Å²) in [5.74, 6) is 0.450. The third-order valence-electron chi connectivity index (χ3n) is 2.49. The Labute approximate surface area is 74.7 Å². The Balaban J connectivity index is 2.89. The molecule has 66 valence electrons. The van der Waals surface area contributed by atoms with Crippen molar-refractivity contribution in [3.8, 4) is 0 Å². The number of hydrogen-bond acceptors (Lipinski definition) is 1. The second-order valence-corrected chi connectivity index (χ2v) is 3.39. The lowest BCUT2D eigenvalue weighted by Gasteiger charge is -2.25. The molecule has 0 radical (unpaired) electrons. The second-order valence-electron chi connectivity index (χ2n) is 3.39. The Morgan fingerprint density at radius 3 is 2.67 bits per heavy atom. The summed E-state index contributed by atoms with van der Waals surface area (Å²) in [5, 5.41) is 0. The van der Waals surface area contributed by atoms with Crippen LogP contribution in [0.1, 0.15) is 20.8 Å². The zero-order valence-corrected chi connectivity index (χ0v) is 8.04. The van der Waals surface area contributed by atoms with E-state index in [2.05, 4.69) is 38.2 Å². The highest BCUT2D eigenvalue weighted by Crippen LogP contribution is 2.24. The fourth-order valence-electron chi connectivity index (χ4n) is 1.49. The summed E-state index contributed by atoms with van der Waals surface area (Å²) in [5.41, 5.74) is 8.60. The Kier molecular flexibility index (Phi) is 2.88. The van der Waals surface area contributed by atoms with E-state index in [1.165, 1.54) is 11.1 Å². The fraction of sp³-hybridized carbons (Fsp3) is 0.455. The maximum Gasteiger partial charge on any atom is 0.0321 e. The van der Waals surface area contributed by atoms with Crippen molar-refractivity contribution in [3.63, 3.8) is 0 Å². The second kappa shape index (κ2) is 3.72. The summed E-state index contributed by atoms with van der Waals surface area (Å²) in [4.78, 5) is 0. The number of nitrogens with two attached hydrogens (primary N) is 1. The van der Waals surface area contributed by atoms with E-state index in [0.717, 1.165) is 0 Å². The van der Waals surface area contributed by atoms with Crippen LogP contribution in [0.3, 0.4) is 0 Å². The van der Waals surface area contributed by atoms with Gasteiger partial charge in [-0.25, -0.2) is 0 Å². The van der Waals surface area contributed by atoms with Gasteiger partial charge in [-0.1, -0.05) is 36.8 Å². The lowest BCUT2D eigenvalue weighted by Crippen LogP contribution is -2.31. The molecule has 0 aromatic carbocycles. The van der Waals surface area contributed by atoms with Crippen LogP contribution in [0, 0.1) is 5.92 Å². The maximum absolute atomic E-state index is 6.00. The molecule has 0 heterocycles. The third-order valence-corrected chi connectivity index (χ3v) is 2.49. The van der Waals surface area contributed by atoms with Crippen molar-refractivity contribution in [3.05, 3.63) is 35.5 Å². The van der Waals surface area contributed by atoms with E-state index in [9.17, 15) is 0 Å². The molecule has 1 aliphatic rings. The van der Waals surface area contributed by atoms with Gasteiger partial charge in [-0.3, -0.25) is 0 Å². The van der Waals surface area contributed by atoms with E-state index in [-0.39, 0.29) is 6.04 Å². The van der Waals surface area contributed by atoms with Crippen molar-refractivity contribution in [1.29, 1.82) is 0 Å². The molecule has 0 saturated carbocycles. The molecule has 1 rings (SSSR count). The quantitative estimate of drug-likeness (QED) is 0.631. The molecule has 2 N–H and O–H groups in total. The highest BCUT2D eigenvalue weighted by atomic mass is 14.7. The molecule has 12 heavy (non-hydrogen) atoms. The summed E-state index contributed by atoms with van der Waals surface area (Å²) in [6.07, 6.45) is 8.46. The molecule has 0 spiro atoms. The van der Waals surface area contributed by atoms with E-state index in [1.54, 1.807) is 0 Å². The lowest BCUT2D eigenvalue weighted by molar-refractivity contribution is 0.576. The van der Waals surface area contributed by atoms with Crippen LogP contribution in [-0.2, 0) is 0 Å². The standard InChI is InChI=1S/C11H17N/c1-4-5-10-7-6-8(2)11(12)9(10)3/h4-7,9,11H,12H2,1-3H3/b5-4+. The summed E-state index contributed by atoms with van der Waals surface area (Å²) in [6, 6.07) is 0.196. The van der Waals surface area contributed by atoms with Gasteiger partial charge in [0, 0.05) is 12.0 Å². The first-order valence-electron chi connectivity index (χ1n) is 4.43. The van der Waals surface area contributed by atoms with Crippen molar-refractivity contribution < 1.29 is 0 Å². The smallest absolute Gasteiger partial charge is 0.0321 e. The minimum absolute atomic E-state index is 0.196. The van der Waals surface area contributed by atoms with Gasteiger partial charge in [0.2, 0.25) is 0 Å². The molecule has 0 aromatic heterocycles. The molecule has 1 nitrogen and oxygen atoms in total. The van der Waals surface area contributed by atoms with Crippen molar-refractivity contribution in [2.45, 2.75) is 26.8 Å². The molecular formula is C11H17N. The first-order valence-corrected chi connectivity index (χ1v) is 4.43. The van der Waals surface area contributed by atoms with Gasteiger partial charge in [-0.15, -0.1) is 0 Å². The molecule has 0 bridgehead atoms. The summed E-state index contributed by atoms with van der Waals surface area (Å²) in [6.45, 7) is 6.29. The van der Waals surface area contributed by atoms with Gasteiger partial charge in [-0.05, 0) is 19.4 Å². The van der Waals surface area contributed by atoms with Crippen LogP contribution in [0.2, 0.25) is 0 Å². The van der Waals surface area contributed by atoms with Gasteiger partial charge in [0.05, 0.1) is 0 Å². The molecular weight excluding hydrogens is 146 g/mol. The Morgan fingerprint density at radius 2 is 2.08 bits per heavy atom. The summed E-state index contributed by atoms with van der Waals surface area (Å²) in [7, 11) is 0. The molecule has 1 aliphatic carbocycles. The molecule has 0 fully saturated rings. The minimum Gasteiger partial charge on any atom is -0.324 e. The average Bonchev–Trinajstić information content (AvgIpc) is 2.07. The molecule has 1 heteroatoms. The topological polar surface area (TPSA) is 26.0 Å². The minimum atomic E-state index is 0.196. The fourth-order valence-corrected chi connectivity index (χ4v) is 1.49. The predicted octanol–water partition coefficient (Wildman–Crippen LogP) is 2.41. The average molecular weight is 163 g/mol. The van der Waals surface area contributed by atoms with Crippen molar-refractivity contribution in [2.24, 2.45) is 11.7 Å². The van der Waals surface area contributed by atoms with E-state index in [4.69, 9.17) is 5.73 Å². The highest BCUT2D eigenvalue weighted by Gasteiger charge is 2.19. The van der Waals surface area contributed by atoms with Gasteiger partial charge in [0.15, 0.2) is 0 Å². The SMILES string of the molecule is C/C=C/C1=CC=C(C)C(N)C1C. The van der Waals surface area contributed by atoms with Crippen molar-refractivity contribution >= 4 is 0 Å². The van der Waals surface area contributed by atoms with Gasteiger partial charge in [0.25, 0.3) is 0 Å². The molecule has 2 atom stereocenters. The van der Waals surface area contributed by atoms with Crippen LogP contribution >= 0.6 is 0 Å². The highest BCUT2D eigenvalue weighted by molar-refractivity contribution is 5.35. The van der Waals surface area contributed by atoms with E-state index in [1.807, 2.05) is 6.92 Å². The van der Waals surface area contributed by atoms with Crippen LogP contribution < -0.4 is 5.73 Å². The Bertz CT molecular complexity index is 246. The zero-order chi connectivity index (χ0) is 9.14. The summed E-state index contributed by atoms with van der Waals surface area (Å²) < 4.78 is 0. The van der Waals surface area contributed by atoms with Gasteiger partial charge < -0.3 is 5.73 Å². The predicted molar refractivity (Wildman–Crippen MR) is 53.8 cm³/mol. The third kappa shape index (κ3) is 1.67. The summed E-state index contributed by atoms with van der Waals surface area (Å²) >= 11 is 0. The van der Waals surface area contributed by atoms with Crippen LogP contribution in [0.5, 0.6) is 0 Å². The van der Waals surface area contributed by atoms with Gasteiger partial charge in [0.1, 0.15) is 0 Å². The van der Waals surface area contributed by atoms with E-state index >= 15 is 0 Å². The molecule has 0 aliphatic heterocycles. The first-order chi connectivity index (χ1) is 5.66. The van der Waals surface area contributed by atoms with E-state index in [0.29, 0.717) is 5.92 Å². The molecule has 0 amide bonds. The molecule has 0 aromatic rings. The maximum atomic E-state index is 6.00.